The van der Waals surface area contributed by atoms with Gasteiger partial charge in [-0.2, -0.15) is 0 Å². The Morgan fingerprint density at radius 1 is 1.40 bits per heavy atom. The minimum Gasteiger partial charge on any atom is -0.322 e. The van der Waals surface area contributed by atoms with Crippen molar-refractivity contribution in [1.82, 2.24) is 9.97 Å². The third kappa shape index (κ3) is 3.64. The van der Waals surface area contributed by atoms with Crippen molar-refractivity contribution in [2.45, 2.75) is 6.92 Å². The lowest BCUT2D eigenvalue weighted by Gasteiger charge is -2.05. The number of pyridine rings is 2. The lowest BCUT2D eigenvalue weighted by Crippen LogP contribution is -2.12. The van der Waals surface area contributed by atoms with E-state index in [1.54, 1.807) is 30.6 Å². The fraction of sp³-hybridized carbons (Fsp3) is 0.133. The van der Waals surface area contributed by atoms with Gasteiger partial charge in [0.1, 0.15) is 0 Å². The Morgan fingerprint density at radius 2 is 2.25 bits per heavy atom. The van der Waals surface area contributed by atoms with Gasteiger partial charge >= 0.3 is 0 Å². The third-order valence-electron chi connectivity index (χ3n) is 2.49. The molecule has 2 aromatic rings. The predicted molar refractivity (Wildman–Crippen MR) is 77.1 cm³/mol. The average molecular weight is 266 g/mol. The number of nitrogens with two attached hydrogens (primary N) is 1. The number of amides is 1. The summed E-state index contributed by atoms with van der Waals surface area (Å²) in [5.74, 6) is 5.33. The molecule has 2 heterocycles. The first kappa shape index (κ1) is 13.7. The summed E-state index contributed by atoms with van der Waals surface area (Å²) in [7, 11) is 0. The second-order valence-corrected chi connectivity index (χ2v) is 4.11. The monoisotopic (exact) mass is 266 g/mol. The van der Waals surface area contributed by atoms with E-state index in [1.165, 1.54) is 6.20 Å². The van der Waals surface area contributed by atoms with Gasteiger partial charge in [0, 0.05) is 35.5 Å². The van der Waals surface area contributed by atoms with Gasteiger partial charge < -0.3 is 11.1 Å². The smallest absolute Gasteiger partial charge is 0.257 e. The summed E-state index contributed by atoms with van der Waals surface area (Å²) in [6.07, 6.45) is 4.74. The average Bonchev–Trinajstić information content (AvgIpc) is 2.45. The molecule has 0 bridgehead atoms. The van der Waals surface area contributed by atoms with Gasteiger partial charge in [0.2, 0.25) is 0 Å². The van der Waals surface area contributed by atoms with E-state index in [9.17, 15) is 4.79 Å². The van der Waals surface area contributed by atoms with Gasteiger partial charge in [-0.15, -0.1) is 0 Å². The molecule has 3 N–H and O–H groups in total. The molecule has 0 aliphatic heterocycles. The summed E-state index contributed by atoms with van der Waals surface area (Å²) in [6.45, 7) is 2.13. The van der Waals surface area contributed by atoms with Gasteiger partial charge in [-0.1, -0.05) is 11.8 Å². The largest absolute Gasteiger partial charge is 0.322 e. The molecule has 0 fully saturated rings. The second kappa shape index (κ2) is 6.45. The van der Waals surface area contributed by atoms with E-state index < -0.39 is 0 Å². The fourth-order valence-corrected chi connectivity index (χ4v) is 1.61. The molecule has 0 aromatic carbocycles. The lowest BCUT2D eigenvalue weighted by atomic mass is 10.2. The predicted octanol–water partition coefficient (Wildman–Crippen LogP) is 1.35. The van der Waals surface area contributed by atoms with Crippen LogP contribution in [-0.2, 0) is 0 Å². The van der Waals surface area contributed by atoms with Gasteiger partial charge in [-0.25, -0.2) is 0 Å². The number of carbonyl (C=O) groups is 1. The molecule has 0 aliphatic rings. The molecule has 0 saturated heterocycles. The molecule has 5 heteroatoms. The van der Waals surface area contributed by atoms with Gasteiger partial charge in [0.15, 0.2) is 0 Å². The lowest BCUT2D eigenvalue weighted by molar-refractivity contribution is 0.102. The highest BCUT2D eigenvalue weighted by atomic mass is 16.1. The van der Waals surface area contributed by atoms with E-state index in [0.29, 0.717) is 16.8 Å². The minimum atomic E-state index is -0.237. The number of anilines is 1. The summed E-state index contributed by atoms with van der Waals surface area (Å²) in [5, 5.41) is 2.79. The van der Waals surface area contributed by atoms with Gasteiger partial charge in [-0.05, 0) is 25.1 Å². The molecule has 0 atom stereocenters. The number of nitrogens with one attached hydrogen (secondary N) is 1. The number of rotatable bonds is 2. The minimum absolute atomic E-state index is 0.237. The van der Waals surface area contributed by atoms with Crippen molar-refractivity contribution in [2.75, 3.05) is 11.9 Å². The fourth-order valence-electron chi connectivity index (χ4n) is 1.61. The molecule has 2 aromatic heterocycles. The van der Waals surface area contributed by atoms with Gasteiger partial charge in [-0.3, -0.25) is 14.8 Å². The van der Waals surface area contributed by atoms with Crippen LogP contribution < -0.4 is 11.1 Å². The van der Waals surface area contributed by atoms with E-state index in [1.807, 2.05) is 6.92 Å². The van der Waals surface area contributed by atoms with E-state index in [2.05, 4.69) is 27.1 Å². The molecule has 20 heavy (non-hydrogen) atoms. The molecule has 5 nitrogen and oxygen atoms in total. The van der Waals surface area contributed by atoms with Crippen molar-refractivity contribution in [3.05, 3.63) is 53.6 Å². The van der Waals surface area contributed by atoms with Crippen LogP contribution in [-0.4, -0.2) is 22.4 Å². The molecule has 1 amide bonds. The van der Waals surface area contributed by atoms with Crippen LogP contribution in [0.5, 0.6) is 0 Å². The zero-order chi connectivity index (χ0) is 14.4. The molecule has 0 radical (unpaired) electrons. The van der Waals surface area contributed by atoms with Crippen molar-refractivity contribution < 1.29 is 4.79 Å². The number of hydrogen-bond donors (Lipinski definition) is 2. The number of nitrogens with zero attached hydrogens (tertiary/aromatic N) is 2. The van der Waals surface area contributed by atoms with E-state index in [0.717, 1.165) is 5.69 Å². The Labute approximate surface area is 117 Å². The summed E-state index contributed by atoms with van der Waals surface area (Å²) in [4.78, 5) is 20.2. The van der Waals surface area contributed by atoms with Crippen molar-refractivity contribution in [3.63, 3.8) is 0 Å². The Kier molecular flexibility index (Phi) is 4.43. The van der Waals surface area contributed by atoms with Crippen LogP contribution in [0.4, 0.5) is 5.69 Å². The van der Waals surface area contributed by atoms with Crippen molar-refractivity contribution >= 4 is 11.6 Å². The zero-order valence-corrected chi connectivity index (χ0v) is 11.1. The molecule has 0 aliphatic carbocycles. The Balaban J connectivity index is 2.17. The molecule has 0 spiro atoms. The highest BCUT2D eigenvalue weighted by molar-refractivity contribution is 6.04. The van der Waals surface area contributed by atoms with E-state index in [4.69, 9.17) is 5.73 Å². The molecule has 2 rings (SSSR count). The first-order valence-corrected chi connectivity index (χ1v) is 6.07. The van der Waals surface area contributed by atoms with Crippen LogP contribution in [0.15, 0.2) is 36.8 Å². The maximum atomic E-state index is 12.1. The maximum Gasteiger partial charge on any atom is 0.257 e. The second-order valence-electron chi connectivity index (χ2n) is 4.11. The molecule has 0 saturated carbocycles. The van der Waals surface area contributed by atoms with Crippen LogP contribution in [0.25, 0.3) is 0 Å². The standard InChI is InChI=1S/C15H14N4O/c1-11-7-14(4-6-18-11)19-15(20)13-8-12(3-2-5-16)9-17-10-13/h4,6-10H,5,16H2,1H3,(H,18,19,20). The number of carbonyl (C=O) groups excluding carboxylic acids is 1. The van der Waals surface area contributed by atoms with Crippen molar-refractivity contribution in [3.8, 4) is 11.8 Å². The van der Waals surface area contributed by atoms with E-state index in [-0.39, 0.29) is 12.5 Å². The van der Waals surface area contributed by atoms with Crippen molar-refractivity contribution in [1.29, 1.82) is 0 Å². The van der Waals surface area contributed by atoms with Crippen LogP contribution in [0.1, 0.15) is 21.6 Å². The highest BCUT2D eigenvalue weighted by Gasteiger charge is 2.07. The Bertz CT molecular complexity index is 686. The van der Waals surface area contributed by atoms with Crippen molar-refractivity contribution in [2.24, 2.45) is 5.73 Å². The normalized spacial score (nSPS) is 9.50. The van der Waals surface area contributed by atoms with E-state index >= 15 is 0 Å². The zero-order valence-electron chi connectivity index (χ0n) is 11.1. The van der Waals surface area contributed by atoms with Gasteiger partial charge in [0.05, 0.1) is 12.1 Å². The molecule has 0 unspecified atom stereocenters. The summed E-state index contributed by atoms with van der Waals surface area (Å²) >= 11 is 0. The highest BCUT2D eigenvalue weighted by Crippen LogP contribution is 2.10. The molecular weight excluding hydrogens is 252 g/mol. The van der Waals surface area contributed by atoms with Crippen LogP contribution in [0.3, 0.4) is 0 Å². The quantitative estimate of drug-likeness (QED) is 0.804. The number of hydrogen-bond acceptors (Lipinski definition) is 4. The molecular formula is C15H14N4O. The third-order valence-corrected chi connectivity index (χ3v) is 2.49. The first-order chi connectivity index (χ1) is 9.69. The Morgan fingerprint density at radius 3 is 3.00 bits per heavy atom. The van der Waals surface area contributed by atoms with Crippen LogP contribution >= 0.6 is 0 Å². The summed E-state index contributed by atoms with van der Waals surface area (Å²) in [6, 6.07) is 5.21. The van der Waals surface area contributed by atoms with Crippen LogP contribution in [0.2, 0.25) is 0 Å². The Hall–Kier alpha value is -2.71. The van der Waals surface area contributed by atoms with Crippen LogP contribution in [0, 0.1) is 18.8 Å². The summed E-state index contributed by atoms with van der Waals surface area (Å²) in [5.41, 5.74) is 7.95. The number of aromatic nitrogens is 2. The number of aryl methyl sites for hydroxylation is 1. The first-order valence-electron chi connectivity index (χ1n) is 6.07. The summed E-state index contributed by atoms with van der Waals surface area (Å²) < 4.78 is 0. The SMILES string of the molecule is Cc1cc(NC(=O)c2cncc(C#CCN)c2)ccn1. The molecule has 100 valence electrons. The topological polar surface area (TPSA) is 80.9 Å². The maximum absolute atomic E-state index is 12.1. The van der Waals surface area contributed by atoms with Gasteiger partial charge in [0.25, 0.3) is 5.91 Å².